The number of ketones is 1. The van der Waals surface area contributed by atoms with Crippen molar-refractivity contribution in [3.05, 3.63) is 44.9 Å². The number of aromatic nitrogens is 1. The maximum absolute atomic E-state index is 12.2. The Morgan fingerprint density at radius 1 is 1.47 bits per heavy atom. The maximum atomic E-state index is 12.2. The number of hydrogen-bond acceptors (Lipinski definition) is 4. The van der Waals surface area contributed by atoms with Crippen LogP contribution in [0.1, 0.15) is 49.3 Å². The molecule has 1 aliphatic carbocycles. The fourth-order valence-corrected chi connectivity index (χ4v) is 3.59. The Morgan fingerprint density at radius 2 is 2.26 bits per heavy atom. The molecule has 98 valence electrons. The predicted octanol–water partition coefficient (Wildman–Crippen LogP) is 1.66. The van der Waals surface area contributed by atoms with E-state index in [0.29, 0.717) is 24.0 Å². The minimum Gasteiger partial charge on any atom is -0.543 e. The monoisotopic (exact) mass is 274 g/mol. The molecule has 1 atom stereocenters. The summed E-state index contributed by atoms with van der Waals surface area (Å²) < 4.78 is 0. The summed E-state index contributed by atoms with van der Waals surface area (Å²) in [7, 11) is 0. The summed E-state index contributed by atoms with van der Waals surface area (Å²) in [5.41, 5.74) is 1.81. The number of aromatic amines is 1. The Hall–Kier alpha value is -1.88. The highest BCUT2D eigenvalue weighted by atomic mass is 32.1. The number of thiophene rings is 1. The molecule has 0 spiro atoms. The van der Waals surface area contributed by atoms with Gasteiger partial charge in [0.2, 0.25) is 0 Å². The third kappa shape index (κ3) is 1.90. The average molecular weight is 274 g/mol. The van der Waals surface area contributed by atoms with E-state index in [1.807, 2.05) is 17.5 Å². The van der Waals surface area contributed by atoms with Crippen LogP contribution in [0, 0.1) is 6.92 Å². The fraction of sp³-hybridized carbons (Fsp3) is 0.286. The van der Waals surface area contributed by atoms with Crippen LogP contribution in [0.15, 0.2) is 17.5 Å². The summed E-state index contributed by atoms with van der Waals surface area (Å²) in [5, 5.41) is 13.0. The van der Waals surface area contributed by atoms with Crippen LogP contribution in [0.2, 0.25) is 0 Å². The number of hydrogen-bond donors (Lipinski definition) is 1. The van der Waals surface area contributed by atoms with Crippen molar-refractivity contribution in [1.29, 1.82) is 0 Å². The first-order valence-corrected chi connectivity index (χ1v) is 6.95. The van der Waals surface area contributed by atoms with Crippen molar-refractivity contribution < 1.29 is 14.7 Å². The summed E-state index contributed by atoms with van der Waals surface area (Å²) in [6.45, 7) is 1.66. The number of Topliss-reactive ketones (excluding diaryl/α,β-unsaturated/α-hetero) is 1. The van der Waals surface area contributed by atoms with Crippen molar-refractivity contribution in [2.24, 2.45) is 0 Å². The first kappa shape index (κ1) is 12.2. The van der Waals surface area contributed by atoms with E-state index in [2.05, 4.69) is 4.98 Å². The Balaban J connectivity index is 2.03. The highest BCUT2D eigenvalue weighted by Gasteiger charge is 2.30. The molecule has 2 aromatic heterocycles. The SMILES string of the molecule is Cc1c(C(=O)[O-])[nH]c2c1C(=O)C[C@@H](c1cccs1)C2. The van der Waals surface area contributed by atoms with Gasteiger partial charge in [-0.25, -0.2) is 0 Å². The van der Waals surface area contributed by atoms with Gasteiger partial charge in [-0.1, -0.05) is 6.07 Å². The molecule has 2 heterocycles. The highest BCUT2D eigenvalue weighted by molar-refractivity contribution is 7.10. The lowest BCUT2D eigenvalue weighted by Crippen LogP contribution is -2.23. The third-order valence-electron chi connectivity index (χ3n) is 3.64. The van der Waals surface area contributed by atoms with E-state index in [4.69, 9.17) is 0 Å². The zero-order valence-corrected chi connectivity index (χ0v) is 11.2. The van der Waals surface area contributed by atoms with E-state index in [1.54, 1.807) is 18.3 Å². The van der Waals surface area contributed by atoms with Gasteiger partial charge in [0.05, 0.1) is 11.7 Å². The van der Waals surface area contributed by atoms with Crippen LogP contribution in [-0.2, 0) is 6.42 Å². The summed E-state index contributed by atoms with van der Waals surface area (Å²) in [5.74, 6) is -1.10. The smallest absolute Gasteiger partial charge is 0.165 e. The zero-order chi connectivity index (χ0) is 13.6. The minimum atomic E-state index is -1.26. The number of nitrogens with one attached hydrogen (secondary N) is 1. The Morgan fingerprint density at radius 3 is 2.89 bits per heavy atom. The largest absolute Gasteiger partial charge is 0.543 e. The number of rotatable bonds is 2. The quantitative estimate of drug-likeness (QED) is 0.905. The van der Waals surface area contributed by atoms with Gasteiger partial charge in [0, 0.05) is 28.5 Å². The van der Waals surface area contributed by atoms with E-state index < -0.39 is 5.97 Å². The Labute approximate surface area is 114 Å². The van der Waals surface area contributed by atoms with Crippen molar-refractivity contribution in [2.75, 3.05) is 0 Å². The molecule has 0 unspecified atom stereocenters. The lowest BCUT2D eigenvalue weighted by atomic mass is 9.84. The fourth-order valence-electron chi connectivity index (χ4n) is 2.76. The number of H-pyrrole nitrogens is 1. The molecule has 19 heavy (non-hydrogen) atoms. The molecule has 0 fully saturated rings. The first-order valence-electron chi connectivity index (χ1n) is 6.07. The number of carbonyl (C=O) groups excluding carboxylic acids is 2. The number of fused-ring (bicyclic) bond motifs is 1. The molecule has 0 saturated carbocycles. The van der Waals surface area contributed by atoms with Crippen molar-refractivity contribution >= 4 is 23.1 Å². The molecular weight excluding hydrogens is 262 g/mol. The van der Waals surface area contributed by atoms with Gasteiger partial charge >= 0.3 is 0 Å². The first-order chi connectivity index (χ1) is 9.08. The molecule has 0 aliphatic heterocycles. The van der Waals surface area contributed by atoms with Gasteiger partial charge < -0.3 is 14.9 Å². The average Bonchev–Trinajstić information content (AvgIpc) is 2.96. The van der Waals surface area contributed by atoms with Crippen LogP contribution in [0.25, 0.3) is 0 Å². The van der Waals surface area contributed by atoms with Gasteiger partial charge in [-0.2, -0.15) is 0 Å². The number of carboxylic acid groups (broad SMARTS) is 1. The molecule has 3 rings (SSSR count). The lowest BCUT2D eigenvalue weighted by molar-refractivity contribution is -0.255. The minimum absolute atomic E-state index is 0.0147. The molecule has 0 aromatic carbocycles. The van der Waals surface area contributed by atoms with Crippen molar-refractivity contribution in [3.63, 3.8) is 0 Å². The second kappa shape index (κ2) is 4.35. The van der Waals surface area contributed by atoms with Crippen LogP contribution >= 0.6 is 11.3 Å². The van der Waals surface area contributed by atoms with Crippen LogP contribution in [0.5, 0.6) is 0 Å². The molecule has 0 radical (unpaired) electrons. The highest BCUT2D eigenvalue weighted by Crippen LogP contribution is 2.36. The molecule has 0 amide bonds. The van der Waals surface area contributed by atoms with Gasteiger partial charge in [-0.05, 0) is 30.4 Å². The van der Waals surface area contributed by atoms with Crippen molar-refractivity contribution in [2.45, 2.75) is 25.7 Å². The number of carbonyl (C=O) groups is 2. The zero-order valence-electron chi connectivity index (χ0n) is 10.4. The molecule has 5 heteroatoms. The van der Waals surface area contributed by atoms with Gasteiger partial charge in [0.15, 0.2) is 5.78 Å². The summed E-state index contributed by atoms with van der Waals surface area (Å²) in [6, 6.07) is 3.98. The molecule has 0 bridgehead atoms. The van der Waals surface area contributed by atoms with E-state index in [0.717, 1.165) is 5.69 Å². The number of aromatic carboxylic acids is 1. The van der Waals surface area contributed by atoms with Crippen LogP contribution in [0.3, 0.4) is 0 Å². The van der Waals surface area contributed by atoms with E-state index >= 15 is 0 Å². The third-order valence-corrected chi connectivity index (χ3v) is 4.67. The lowest BCUT2D eigenvalue weighted by Gasteiger charge is -2.20. The molecule has 1 aliphatic rings. The van der Waals surface area contributed by atoms with Gasteiger partial charge in [0.1, 0.15) is 0 Å². The van der Waals surface area contributed by atoms with Gasteiger partial charge in [-0.15, -0.1) is 11.3 Å². The summed E-state index contributed by atoms with van der Waals surface area (Å²) in [4.78, 5) is 27.2. The van der Waals surface area contributed by atoms with Crippen LogP contribution in [-0.4, -0.2) is 16.7 Å². The summed E-state index contributed by atoms with van der Waals surface area (Å²) in [6.07, 6.45) is 1.12. The summed E-state index contributed by atoms with van der Waals surface area (Å²) >= 11 is 1.63. The van der Waals surface area contributed by atoms with E-state index in [1.165, 1.54) is 4.88 Å². The normalized spacial score (nSPS) is 18.4. The molecule has 4 nitrogen and oxygen atoms in total. The molecule has 0 saturated heterocycles. The van der Waals surface area contributed by atoms with Crippen molar-refractivity contribution in [1.82, 2.24) is 4.98 Å². The Bertz CT molecular complexity index is 655. The van der Waals surface area contributed by atoms with Crippen LogP contribution in [0.4, 0.5) is 0 Å². The van der Waals surface area contributed by atoms with Gasteiger partial charge in [0.25, 0.3) is 0 Å². The maximum Gasteiger partial charge on any atom is 0.165 e. The van der Waals surface area contributed by atoms with E-state index in [9.17, 15) is 14.7 Å². The molecular formula is C14H12NO3S-. The van der Waals surface area contributed by atoms with Crippen LogP contribution < -0.4 is 5.11 Å². The van der Waals surface area contributed by atoms with Crippen molar-refractivity contribution in [3.8, 4) is 0 Å². The predicted molar refractivity (Wildman–Crippen MR) is 69.6 cm³/mol. The topological polar surface area (TPSA) is 73.0 Å². The standard InChI is InChI=1S/C14H13NO3S/c1-7-12-9(15-13(7)14(17)18)5-8(6-10(12)16)11-3-2-4-19-11/h2-4,8,15H,5-6H2,1H3,(H,17,18)/p-1/t8-/m0/s1. The number of carboxylic acids is 1. The molecule has 1 N–H and O–H groups in total. The second-order valence-corrected chi connectivity index (χ2v) is 5.79. The Kier molecular flexibility index (Phi) is 2.78. The van der Waals surface area contributed by atoms with Gasteiger partial charge in [-0.3, -0.25) is 4.79 Å². The van der Waals surface area contributed by atoms with E-state index in [-0.39, 0.29) is 17.4 Å². The second-order valence-electron chi connectivity index (χ2n) is 4.81. The molecule has 2 aromatic rings.